The van der Waals surface area contributed by atoms with E-state index in [0.717, 1.165) is 5.56 Å². The number of aromatic nitrogens is 3. The molecule has 26 heavy (non-hydrogen) atoms. The van der Waals surface area contributed by atoms with Crippen molar-refractivity contribution in [2.24, 2.45) is 0 Å². The average Bonchev–Trinajstić information content (AvgIpc) is 2.64. The van der Waals surface area contributed by atoms with E-state index in [-0.39, 0.29) is 18.1 Å². The second-order valence-corrected chi connectivity index (χ2v) is 5.46. The fraction of sp³-hybridized carbons (Fsp3) is 0.167. The summed E-state index contributed by atoms with van der Waals surface area (Å²) in [4.78, 5) is 15.9. The van der Waals surface area contributed by atoms with Crippen molar-refractivity contribution in [1.82, 2.24) is 15.2 Å². The van der Waals surface area contributed by atoms with E-state index in [2.05, 4.69) is 20.5 Å². The number of hydrogen-bond donors (Lipinski definition) is 1. The molecule has 8 heteroatoms. The topological polar surface area (TPSA) is 101 Å². The summed E-state index contributed by atoms with van der Waals surface area (Å²) in [5.41, 5.74) is 2.00. The van der Waals surface area contributed by atoms with Crippen molar-refractivity contribution >= 4 is 35.7 Å². The number of anilines is 1. The van der Waals surface area contributed by atoms with Gasteiger partial charge in [-0.1, -0.05) is 29.8 Å². The molecule has 0 bridgehead atoms. The van der Waals surface area contributed by atoms with Gasteiger partial charge in [0, 0.05) is 11.2 Å². The molecule has 0 aliphatic carbocycles. The van der Waals surface area contributed by atoms with Crippen molar-refractivity contribution in [2.45, 2.75) is 13.8 Å². The maximum atomic E-state index is 11.6. The van der Waals surface area contributed by atoms with E-state index in [1.165, 1.54) is 6.20 Å². The maximum Gasteiger partial charge on any atom is 0.350 e. The molecule has 0 unspecified atom stereocenters. The van der Waals surface area contributed by atoms with E-state index in [0.29, 0.717) is 16.4 Å². The van der Waals surface area contributed by atoms with Crippen molar-refractivity contribution < 1.29 is 9.53 Å². The van der Waals surface area contributed by atoms with Gasteiger partial charge in [0.15, 0.2) is 5.57 Å². The number of ether oxygens (including phenoxy) is 1. The molecule has 0 fully saturated rings. The minimum Gasteiger partial charge on any atom is -0.462 e. The monoisotopic (exact) mass is 369 g/mol. The van der Waals surface area contributed by atoms with Crippen LogP contribution in [0.2, 0.25) is 5.02 Å². The largest absolute Gasteiger partial charge is 0.462 e. The Kier molecular flexibility index (Phi) is 6.83. The summed E-state index contributed by atoms with van der Waals surface area (Å²) >= 11 is 5.86. The second kappa shape index (κ2) is 9.30. The van der Waals surface area contributed by atoms with Crippen LogP contribution in [0.1, 0.15) is 23.9 Å². The molecule has 0 amide bonds. The van der Waals surface area contributed by atoms with E-state index in [4.69, 9.17) is 21.6 Å². The first-order chi connectivity index (χ1) is 12.5. The van der Waals surface area contributed by atoms with Gasteiger partial charge in [-0.3, -0.25) is 0 Å². The van der Waals surface area contributed by atoms with Gasteiger partial charge >= 0.3 is 5.97 Å². The van der Waals surface area contributed by atoms with Crippen LogP contribution in [-0.2, 0) is 9.53 Å². The van der Waals surface area contributed by atoms with Gasteiger partial charge in [0.1, 0.15) is 6.07 Å². The number of carbonyl (C=O) groups excluding carboxylic acids is 1. The number of carbonyl (C=O) groups is 1. The highest BCUT2D eigenvalue weighted by Crippen LogP contribution is 2.13. The number of nitrogens with zero attached hydrogens (tertiary/aromatic N) is 4. The van der Waals surface area contributed by atoms with E-state index >= 15 is 0 Å². The molecule has 0 spiro atoms. The summed E-state index contributed by atoms with van der Waals surface area (Å²) in [5, 5.41) is 20.2. The maximum absolute atomic E-state index is 11.6. The fourth-order valence-electron chi connectivity index (χ4n) is 1.84. The minimum atomic E-state index is -0.717. The number of esters is 1. The molecule has 132 valence electrons. The second-order valence-electron chi connectivity index (χ2n) is 5.03. The molecule has 0 radical (unpaired) electrons. The zero-order valence-electron chi connectivity index (χ0n) is 14.2. The smallest absolute Gasteiger partial charge is 0.350 e. The van der Waals surface area contributed by atoms with Gasteiger partial charge in [0.05, 0.1) is 18.0 Å². The van der Waals surface area contributed by atoms with Crippen LogP contribution < -0.4 is 5.32 Å². The molecule has 1 aromatic heterocycles. The zero-order valence-corrected chi connectivity index (χ0v) is 15.0. The van der Waals surface area contributed by atoms with Crippen LogP contribution >= 0.6 is 11.6 Å². The van der Waals surface area contributed by atoms with Crippen molar-refractivity contribution in [3.8, 4) is 6.07 Å². The number of nitriles is 1. The van der Waals surface area contributed by atoms with Crippen LogP contribution in [-0.4, -0.2) is 27.8 Å². The third-order valence-electron chi connectivity index (χ3n) is 3.16. The SMILES string of the molecule is CCOC(=O)/C(C#N)=C/Nc1nnc(C)c(/C=C/c2ccc(Cl)cc2)n1. The predicted octanol–water partition coefficient (Wildman–Crippen LogP) is 3.39. The Balaban J connectivity index is 2.17. The van der Waals surface area contributed by atoms with Gasteiger partial charge in [-0.25, -0.2) is 9.78 Å². The summed E-state index contributed by atoms with van der Waals surface area (Å²) in [6.45, 7) is 3.62. The van der Waals surface area contributed by atoms with Crippen LogP contribution in [0.25, 0.3) is 12.2 Å². The molecule has 2 aromatic rings. The Hall–Kier alpha value is -3.24. The fourth-order valence-corrected chi connectivity index (χ4v) is 1.97. The summed E-state index contributed by atoms with van der Waals surface area (Å²) in [6.07, 6.45) is 4.85. The molecule has 0 aliphatic rings. The Morgan fingerprint density at radius 2 is 2.04 bits per heavy atom. The number of halogens is 1. The van der Waals surface area contributed by atoms with Crippen LogP contribution in [0, 0.1) is 18.3 Å². The highest BCUT2D eigenvalue weighted by atomic mass is 35.5. The molecule has 1 aromatic carbocycles. The van der Waals surface area contributed by atoms with Crippen LogP contribution in [0.3, 0.4) is 0 Å². The molecule has 0 atom stereocenters. The average molecular weight is 370 g/mol. The third kappa shape index (κ3) is 5.40. The van der Waals surface area contributed by atoms with Crippen molar-refractivity contribution in [3.05, 3.63) is 58.0 Å². The van der Waals surface area contributed by atoms with E-state index in [1.807, 2.05) is 18.2 Å². The van der Waals surface area contributed by atoms with Gasteiger partial charge < -0.3 is 10.1 Å². The normalized spacial score (nSPS) is 11.2. The standard InChI is InChI=1S/C18H16ClN5O2/c1-3-26-17(25)14(10-20)11-21-18-22-16(12(2)23-24-18)9-6-13-4-7-15(19)8-5-13/h4-9,11H,3H2,1-2H3,(H,21,22,24)/b9-6+,14-11+. The van der Waals surface area contributed by atoms with Crippen LogP contribution in [0.4, 0.5) is 5.95 Å². The molecular formula is C18H16ClN5O2. The first-order valence-corrected chi connectivity index (χ1v) is 8.10. The Labute approximate surface area is 156 Å². The van der Waals surface area contributed by atoms with Gasteiger partial charge in [0.25, 0.3) is 0 Å². The molecule has 7 nitrogen and oxygen atoms in total. The molecule has 0 saturated heterocycles. The molecule has 0 saturated carbocycles. The lowest BCUT2D eigenvalue weighted by Crippen LogP contribution is -2.09. The highest BCUT2D eigenvalue weighted by molar-refractivity contribution is 6.30. The Morgan fingerprint density at radius 3 is 2.69 bits per heavy atom. The number of hydrogen-bond acceptors (Lipinski definition) is 7. The Bertz CT molecular complexity index is 885. The molecule has 1 heterocycles. The lowest BCUT2D eigenvalue weighted by atomic mass is 10.2. The summed E-state index contributed by atoms with van der Waals surface area (Å²) in [6, 6.07) is 9.10. The van der Waals surface area contributed by atoms with Gasteiger partial charge in [-0.2, -0.15) is 5.26 Å². The summed E-state index contributed by atoms with van der Waals surface area (Å²) < 4.78 is 4.78. The summed E-state index contributed by atoms with van der Waals surface area (Å²) in [5.74, 6) is -0.561. The van der Waals surface area contributed by atoms with E-state index in [1.54, 1.807) is 38.1 Å². The van der Waals surface area contributed by atoms with Crippen LogP contribution in [0.5, 0.6) is 0 Å². The van der Waals surface area contributed by atoms with Crippen molar-refractivity contribution in [2.75, 3.05) is 11.9 Å². The number of nitrogens with one attached hydrogen (secondary N) is 1. The number of aryl methyl sites for hydroxylation is 1. The molecular weight excluding hydrogens is 354 g/mol. The Morgan fingerprint density at radius 1 is 1.31 bits per heavy atom. The van der Waals surface area contributed by atoms with Gasteiger partial charge in [-0.05, 0) is 37.6 Å². The lowest BCUT2D eigenvalue weighted by molar-refractivity contribution is -0.138. The molecule has 0 aliphatic heterocycles. The molecule has 1 N–H and O–H groups in total. The lowest BCUT2D eigenvalue weighted by Gasteiger charge is -2.03. The number of benzene rings is 1. The third-order valence-corrected chi connectivity index (χ3v) is 3.41. The summed E-state index contributed by atoms with van der Waals surface area (Å²) in [7, 11) is 0. The quantitative estimate of drug-likeness (QED) is 0.473. The van der Waals surface area contributed by atoms with Gasteiger partial charge in [0.2, 0.25) is 5.95 Å². The van der Waals surface area contributed by atoms with E-state index < -0.39 is 5.97 Å². The molecule has 2 rings (SSSR count). The zero-order chi connectivity index (χ0) is 18.9. The number of rotatable bonds is 6. The predicted molar refractivity (Wildman–Crippen MR) is 98.9 cm³/mol. The van der Waals surface area contributed by atoms with Crippen LogP contribution in [0.15, 0.2) is 36.0 Å². The first kappa shape index (κ1) is 19.1. The first-order valence-electron chi connectivity index (χ1n) is 7.72. The minimum absolute atomic E-state index is 0.156. The highest BCUT2D eigenvalue weighted by Gasteiger charge is 2.10. The van der Waals surface area contributed by atoms with E-state index in [9.17, 15) is 4.79 Å². The van der Waals surface area contributed by atoms with Crippen molar-refractivity contribution in [3.63, 3.8) is 0 Å². The van der Waals surface area contributed by atoms with Gasteiger partial charge in [-0.15, -0.1) is 10.2 Å². The van der Waals surface area contributed by atoms with Crippen molar-refractivity contribution in [1.29, 1.82) is 5.26 Å².